The number of nitro groups is 1. The summed E-state index contributed by atoms with van der Waals surface area (Å²) in [4.78, 5) is 79.7. The number of nitrogens with one attached hydrogen (secondary N) is 3. The third kappa shape index (κ3) is 8.72. The van der Waals surface area contributed by atoms with E-state index in [1.807, 2.05) is 6.07 Å². The lowest BCUT2D eigenvalue weighted by Gasteiger charge is -2.32. The van der Waals surface area contributed by atoms with E-state index in [1.165, 1.54) is 32.4 Å². The second-order valence-electron chi connectivity index (χ2n) is 10.7. The fourth-order valence-corrected chi connectivity index (χ4v) is 4.86. The van der Waals surface area contributed by atoms with Crippen molar-refractivity contribution in [2.24, 2.45) is 0 Å². The number of hydrogen-bond acceptors (Lipinski definition) is 9. The van der Waals surface area contributed by atoms with Crippen molar-refractivity contribution in [3.8, 4) is 5.75 Å². The van der Waals surface area contributed by atoms with Crippen LogP contribution in [0.3, 0.4) is 0 Å². The van der Waals surface area contributed by atoms with E-state index in [0.717, 1.165) is 21.1 Å². The van der Waals surface area contributed by atoms with Crippen LogP contribution in [-0.4, -0.2) is 57.5 Å². The molecule has 0 fully saturated rings. The number of ether oxygens (including phenoxy) is 2. The highest BCUT2D eigenvalue weighted by atomic mass is 16.6. The minimum absolute atomic E-state index is 0.00131. The lowest BCUT2D eigenvalue weighted by atomic mass is 9.98. The van der Waals surface area contributed by atoms with Crippen LogP contribution in [0, 0.1) is 24.0 Å². The molecule has 0 radical (unpaired) electrons. The topological polar surface area (TPSA) is 195 Å². The first-order valence-corrected chi connectivity index (χ1v) is 14.7. The molecule has 0 saturated carbocycles. The van der Waals surface area contributed by atoms with Gasteiger partial charge in [0.25, 0.3) is 17.2 Å². The molecule has 3 N–H and O–H groups in total. The number of hydrogen-bond donors (Lipinski definition) is 3. The van der Waals surface area contributed by atoms with Gasteiger partial charge >= 0.3 is 11.8 Å². The summed E-state index contributed by atoms with van der Waals surface area (Å²) in [6.45, 7) is 2.20. The highest BCUT2D eigenvalue weighted by molar-refractivity contribution is 5.99. The molecular formula is C33H34N6O9. The van der Waals surface area contributed by atoms with Crippen molar-refractivity contribution in [2.75, 3.05) is 25.5 Å². The number of aromatic nitrogens is 2. The predicted octanol–water partition coefficient (Wildman–Crippen LogP) is 3.21. The number of carbonyl (C=O) groups is 3. The molecule has 1 heterocycles. The molecule has 0 aliphatic rings. The fourth-order valence-electron chi connectivity index (χ4n) is 4.86. The molecule has 0 aliphatic carbocycles. The molecule has 1 atom stereocenters. The van der Waals surface area contributed by atoms with E-state index in [9.17, 15) is 34.1 Å². The number of benzene rings is 3. The Labute approximate surface area is 274 Å². The van der Waals surface area contributed by atoms with Crippen molar-refractivity contribution >= 4 is 29.3 Å². The maximum Gasteiger partial charge on any atom is 0.407 e. The summed E-state index contributed by atoms with van der Waals surface area (Å²) < 4.78 is 11.4. The Morgan fingerprint density at radius 1 is 1.00 bits per heavy atom. The fraction of sp³-hybridized carbons (Fsp3) is 0.242. The zero-order chi connectivity index (χ0) is 34.8. The van der Waals surface area contributed by atoms with Gasteiger partial charge in [-0.3, -0.25) is 34.0 Å². The molecule has 48 heavy (non-hydrogen) atoms. The van der Waals surface area contributed by atoms with Gasteiger partial charge in [-0.15, -0.1) is 0 Å². The lowest BCUT2D eigenvalue weighted by Crippen LogP contribution is -2.47. The van der Waals surface area contributed by atoms with E-state index >= 15 is 0 Å². The molecule has 0 aliphatic heterocycles. The van der Waals surface area contributed by atoms with Crippen LogP contribution in [0.1, 0.15) is 28.3 Å². The van der Waals surface area contributed by atoms with Crippen LogP contribution in [0.5, 0.6) is 5.75 Å². The average Bonchev–Trinajstić information content (AvgIpc) is 3.07. The van der Waals surface area contributed by atoms with Crippen LogP contribution in [0.15, 0.2) is 88.6 Å². The van der Waals surface area contributed by atoms with Gasteiger partial charge in [-0.25, -0.2) is 9.59 Å². The molecule has 4 rings (SSSR count). The molecule has 0 spiro atoms. The molecule has 3 amide bonds. The second-order valence-corrected chi connectivity index (χ2v) is 10.7. The Kier molecular flexibility index (Phi) is 11.4. The van der Waals surface area contributed by atoms with E-state index in [-0.39, 0.29) is 36.7 Å². The van der Waals surface area contributed by atoms with Gasteiger partial charge in [0, 0.05) is 24.8 Å². The standard InChI is InChI=1S/C33H34N6O9/c1-21-9-7-8-12-25(21)29(31(42)35-26-14-13-24(47-3)17-27(26)39(45)46)38(28(40)19-37-18-22(2)30(41)36-32(37)43)16-15-34-33(44)48-20-23-10-5-4-6-11-23/h4-14,17-18,29H,15-16,19-20H2,1-3H3,(H,34,44)(H,35,42)(H,36,41,43). The highest BCUT2D eigenvalue weighted by Crippen LogP contribution is 2.32. The van der Waals surface area contributed by atoms with Gasteiger partial charge in [0.15, 0.2) is 0 Å². The van der Waals surface area contributed by atoms with Crippen molar-refractivity contribution in [1.82, 2.24) is 19.8 Å². The second kappa shape index (κ2) is 15.8. The van der Waals surface area contributed by atoms with Crippen LogP contribution in [0.2, 0.25) is 0 Å². The van der Waals surface area contributed by atoms with Crippen LogP contribution in [-0.2, 0) is 27.5 Å². The molecule has 250 valence electrons. The average molecular weight is 659 g/mol. The number of nitro benzene ring substituents is 1. The summed E-state index contributed by atoms with van der Waals surface area (Å²) in [7, 11) is 1.34. The Morgan fingerprint density at radius 3 is 2.40 bits per heavy atom. The van der Waals surface area contributed by atoms with Crippen LogP contribution < -0.4 is 26.6 Å². The van der Waals surface area contributed by atoms with Gasteiger partial charge in [-0.2, -0.15) is 0 Å². The van der Waals surface area contributed by atoms with E-state index in [4.69, 9.17) is 9.47 Å². The van der Waals surface area contributed by atoms with Gasteiger partial charge in [-0.1, -0.05) is 54.6 Å². The Bertz CT molecular complexity index is 1920. The number of nitrogens with zero attached hydrogens (tertiary/aromatic N) is 3. The molecule has 1 unspecified atom stereocenters. The number of amides is 3. The normalized spacial score (nSPS) is 11.2. The van der Waals surface area contributed by atoms with Crippen molar-refractivity contribution in [3.05, 3.63) is 132 Å². The largest absolute Gasteiger partial charge is 0.496 e. The molecule has 15 heteroatoms. The molecular weight excluding hydrogens is 624 g/mol. The molecule has 0 bridgehead atoms. The number of anilines is 1. The number of alkyl carbamates (subject to hydrolysis) is 1. The minimum Gasteiger partial charge on any atom is -0.496 e. The summed E-state index contributed by atoms with van der Waals surface area (Å²) in [5.41, 5.74) is -0.103. The summed E-state index contributed by atoms with van der Waals surface area (Å²) in [6, 6.07) is 18.2. The molecule has 1 aromatic heterocycles. The highest BCUT2D eigenvalue weighted by Gasteiger charge is 2.34. The van der Waals surface area contributed by atoms with E-state index in [2.05, 4.69) is 15.6 Å². The van der Waals surface area contributed by atoms with Gasteiger partial charge in [0.05, 0.1) is 18.1 Å². The Balaban J connectivity index is 1.68. The monoisotopic (exact) mass is 658 g/mol. The smallest absolute Gasteiger partial charge is 0.407 e. The van der Waals surface area contributed by atoms with Gasteiger partial charge in [0.1, 0.15) is 30.6 Å². The summed E-state index contributed by atoms with van der Waals surface area (Å²) in [5, 5.41) is 17.0. The van der Waals surface area contributed by atoms with Crippen LogP contribution in [0.25, 0.3) is 0 Å². The van der Waals surface area contributed by atoms with Gasteiger partial charge in [-0.05, 0) is 42.7 Å². The van der Waals surface area contributed by atoms with Crippen molar-refractivity contribution in [2.45, 2.75) is 33.0 Å². The summed E-state index contributed by atoms with van der Waals surface area (Å²) >= 11 is 0. The third-order valence-corrected chi connectivity index (χ3v) is 7.35. The number of aryl methyl sites for hydroxylation is 2. The zero-order valence-corrected chi connectivity index (χ0v) is 26.4. The van der Waals surface area contributed by atoms with Gasteiger partial charge in [0.2, 0.25) is 5.91 Å². The number of H-pyrrole nitrogens is 1. The van der Waals surface area contributed by atoms with Crippen LogP contribution in [0.4, 0.5) is 16.2 Å². The number of aromatic amines is 1. The maximum absolute atomic E-state index is 14.1. The Hall–Kier alpha value is -6.25. The number of rotatable bonds is 13. The third-order valence-electron chi connectivity index (χ3n) is 7.35. The van der Waals surface area contributed by atoms with Crippen molar-refractivity contribution < 1.29 is 28.8 Å². The van der Waals surface area contributed by atoms with Crippen LogP contribution >= 0.6 is 0 Å². The first kappa shape index (κ1) is 34.6. The lowest BCUT2D eigenvalue weighted by molar-refractivity contribution is -0.384. The summed E-state index contributed by atoms with van der Waals surface area (Å²) in [5.74, 6) is -1.34. The van der Waals surface area contributed by atoms with Crippen molar-refractivity contribution in [1.29, 1.82) is 0 Å². The predicted molar refractivity (Wildman–Crippen MR) is 175 cm³/mol. The quantitative estimate of drug-likeness (QED) is 0.143. The first-order chi connectivity index (χ1) is 23.0. The Morgan fingerprint density at radius 2 is 1.71 bits per heavy atom. The first-order valence-electron chi connectivity index (χ1n) is 14.7. The number of carbonyl (C=O) groups excluding carboxylic acids is 3. The molecule has 15 nitrogen and oxygen atoms in total. The van der Waals surface area contributed by atoms with E-state index in [1.54, 1.807) is 55.5 Å². The summed E-state index contributed by atoms with van der Waals surface area (Å²) in [6.07, 6.45) is 0.449. The van der Waals surface area contributed by atoms with Crippen molar-refractivity contribution in [3.63, 3.8) is 0 Å². The maximum atomic E-state index is 14.1. The van der Waals surface area contributed by atoms with E-state index < -0.39 is 52.4 Å². The molecule has 0 saturated heterocycles. The SMILES string of the molecule is COc1ccc(NC(=O)C(c2ccccc2C)N(CCNC(=O)OCc2ccccc2)C(=O)Cn2cc(C)c(=O)[nH]c2=O)c([N+](=O)[O-])c1. The zero-order valence-electron chi connectivity index (χ0n) is 26.4. The molecule has 3 aromatic carbocycles. The number of methoxy groups -OCH3 is 1. The molecule has 4 aromatic rings. The van der Waals surface area contributed by atoms with E-state index in [0.29, 0.717) is 11.1 Å². The minimum atomic E-state index is -1.39. The van der Waals surface area contributed by atoms with Gasteiger partial charge < -0.3 is 25.0 Å².